The standard InChI is InChI=1S/C11H15BrN2O2/c12-9-2-1-5-13-10(9)14-8-11(15)3-6-16-7-4-11/h1-2,5,15H,3-4,6-8H2,(H,13,14). The third-order valence-corrected chi connectivity index (χ3v) is 3.41. The van der Waals surface area contributed by atoms with Crippen molar-refractivity contribution in [3.8, 4) is 0 Å². The SMILES string of the molecule is OC1(CNc2ncccc2Br)CCOCC1. The molecule has 0 radical (unpaired) electrons. The summed E-state index contributed by atoms with van der Waals surface area (Å²) in [5.74, 6) is 0.766. The number of halogens is 1. The summed E-state index contributed by atoms with van der Waals surface area (Å²) in [6.45, 7) is 1.76. The number of anilines is 1. The molecular weight excluding hydrogens is 272 g/mol. The molecule has 0 amide bonds. The second-order valence-corrected chi connectivity index (χ2v) is 4.88. The lowest BCUT2D eigenvalue weighted by Gasteiger charge is -2.32. The predicted octanol–water partition coefficient (Wildman–Crippen LogP) is 1.80. The quantitative estimate of drug-likeness (QED) is 0.890. The Morgan fingerprint density at radius 2 is 2.25 bits per heavy atom. The van der Waals surface area contributed by atoms with Crippen LogP contribution in [0.15, 0.2) is 22.8 Å². The van der Waals surface area contributed by atoms with Crippen LogP contribution in [0.25, 0.3) is 0 Å². The molecule has 1 aromatic heterocycles. The van der Waals surface area contributed by atoms with Crippen LogP contribution in [-0.2, 0) is 4.74 Å². The maximum absolute atomic E-state index is 10.2. The first-order chi connectivity index (χ1) is 7.70. The summed E-state index contributed by atoms with van der Waals surface area (Å²) in [6.07, 6.45) is 3.07. The molecule has 88 valence electrons. The third kappa shape index (κ3) is 2.93. The molecule has 1 aromatic rings. The molecule has 0 saturated carbocycles. The Labute approximate surface area is 103 Å². The first-order valence-corrected chi connectivity index (χ1v) is 6.13. The number of aromatic nitrogens is 1. The van der Waals surface area contributed by atoms with Crippen molar-refractivity contribution in [2.75, 3.05) is 25.1 Å². The van der Waals surface area contributed by atoms with Crippen LogP contribution in [0.5, 0.6) is 0 Å². The average Bonchev–Trinajstić information content (AvgIpc) is 2.29. The van der Waals surface area contributed by atoms with Gasteiger partial charge in [0.1, 0.15) is 5.82 Å². The minimum Gasteiger partial charge on any atom is -0.388 e. The summed E-state index contributed by atoms with van der Waals surface area (Å²) >= 11 is 3.41. The molecule has 0 unspecified atom stereocenters. The van der Waals surface area contributed by atoms with Gasteiger partial charge in [-0.3, -0.25) is 0 Å². The number of ether oxygens (including phenoxy) is 1. The van der Waals surface area contributed by atoms with Crippen LogP contribution in [0.1, 0.15) is 12.8 Å². The van der Waals surface area contributed by atoms with E-state index in [1.54, 1.807) is 6.20 Å². The van der Waals surface area contributed by atoms with Gasteiger partial charge in [-0.2, -0.15) is 0 Å². The lowest BCUT2D eigenvalue weighted by Crippen LogP contribution is -2.42. The maximum atomic E-state index is 10.2. The molecule has 1 aliphatic heterocycles. The summed E-state index contributed by atoms with van der Waals surface area (Å²) in [5, 5.41) is 13.4. The fourth-order valence-corrected chi connectivity index (χ4v) is 2.09. The van der Waals surface area contributed by atoms with Gasteiger partial charge in [0.2, 0.25) is 0 Å². The van der Waals surface area contributed by atoms with Gasteiger partial charge in [-0.15, -0.1) is 0 Å². The summed E-state index contributed by atoms with van der Waals surface area (Å²) in [5.41, 5.74) is -0.671. The molecule has 2 rings (SSSR count). The van der Waals surface area contributed by atoms with Gasteiger partial charge in [-0.05, 0) is 28.1 Å². The van der Waals surface area contributed by atoms with E-state index in [1.807, 2.05) is 12.1 Å². The van der Waals surface area contributed by atoms with Gasteiger partial charge in [0, 0.05) is 38.8 Å². The number of aliphatic hydroxyl groups is 1. The molecule has 1 fully saturated rings. The van der Waals surface area contributed by atoms with E-state index in [4.69, 9.17) is 4.74 Å². The van der Waals surface area contributed by atoms with E-state index in [0.29, 0.717) is 32.6 Å². The Morgan fingerprint density at radius 1 is 1.50 bits per heavy atom. The van der Waals surface area contributed by atoms with Crippen LogP contribution >= 0.6 is 15.9 Å². The number of hydrogen-bond donors (Lipinski definition) is 2. The minimum atomic E-state index is -0.671. The molecular formula is C11H15BrN2O2. The summed E-state index contributed by atoms with van der Waals surface area (Å²) in [4.78, 5) is 4.19. The van der Waals surface area contributed by atoms with Crippen molar-refractivity contribution < 1.29 is 9.84 Å². The van der Waals surface area contributed by atoms with Gasteiger partial charge in [-0.25, -0.2) is 4.98 Å². The van der Waals surface area contributed by atoms with Crippen molar-refractivity contribution in [3.05, 3.63) is 22.8 Å². The van der Waals surface area contributed by atoms with E-state index in [1.165, 1.54) is 0 Å². The highest BCUT2D eigenvalue weighted by molar-refractivity contribution is 9.10. The fraction of sp³-hybridized carbons (Fsp3) is 0.545. The molecule has 4 nitrogen and oxygen atoms in total. The minimum absolute atomic E-state index is 0.506. The van der Waals surface area contributed by atoms with Crippen molar-refractivity contribution >= 4 is 21.7 Å². The van der Waals surface area contributed by atoms with Gasteiger partial charge >= 0.3 is 0 Å². The molecule has 1 aliphatic rings. The molecule has 1 saturated heterocycles. The van der Waals surface area contributed by atoms with Crippen molar-refractivity contribution in [2.45, 2.75) is 18.4 Å². The highest BCUT2D eigenvalue weighted by Crippen LogP contribution is 2.23. The molecule has 2 N–H and O–H groups in total. The number of hydrogen-bond acceptors (Lipinski definition) is 4. The fourth-order valence-electron chi connectivity index (χ4n) is 1.69. The topological polar surface area (TPSA) is 54.4 Å². The Balaban J connectivity index is 1.94. The first kappa shape index (κ1) is 11.8. The van der Waals surface area contributed by atoms with E-state index in [-0.39, 0.29) is 0 Å². The second kappa shape index (κ2) is 5.12. The second-order valence-electron chi connectivity index (χ2n) is 4.02. The summed E-state index contributed by atoms with van der Waals surface area (Å²) < 4.78 is 6.14. The van der Waals surface area contributed by atoms with Crippen LogP contribution in [0.4, 0.5) is 5.82 Å². The predicted molar refractivity (Wildman–Crippen MR) is 65.4 cm³/mol. The summed E-state index contributed by atoms with van der Waals surface area (Å²) in [7, 11) is 0. The number of nitrogens with one attached hydrogen (secondary N) is 1. The largest absolute Gasteiger partial charge is 0.388 e. The number of rotatable bonds is 3. The first-order valence-electron chi connectivity index (χ1n) is 5.34. The van der Waals surface area contributed by atoms with Gasteiger partial charge in [-0.1, -0.05) is 0 Å². The van der Waals surface area contributed by atoms with Crippen LogP contribution in [-0.4, -0.2) is 35.5 Å². The average molecular weight is 287 g/mol. The van der Waals surface area contributed by atoms with Crippen molar-refractivity contribution in [1.29, 1.82) is 0 Å². The van der Waals surface area contributed by atoms with Gasteiger partial charge < -0.3 is 15.2 Å². The lowest BCUT2D eigenvalue weighted by molar-refractivity contribution is -0.0543. The third-order valence-electron chi connectivity index (χ3n) is 2.77. The Hall–Kier alpha value is -0.650. The molecule has 5 heteroatoms. The van der Waals surface area contributed by atoms with E-state index in [9.17, 15) is 5.11 Å². The highest BCUT2D eigenvalue weighted by atomic mass is 79.9. The van der Waals surface area contributed by atoms with E-state index >= 15 is 0 Å². The zero-order chi connectivity index (χ0) is 11.4. The van der Waals surface area contributed by atoms with Crippen LogP contribution in [0, 0.1) is 0 Å². The van der Waals surface area contributed by atoms with E-state index < -0.39 is 5.60 Å². The van der Waals surface area contributed by atoms with Crippen molar-refractivity contribution in [3.63, 3.8) is 0 Å². The van der Waals surface area contributed by atoms with Gasteiger partial charge in [0.15, 0.2) is 0 Å². The van der Waals surface area contributed by atoms with Gasteiger partial charge in [0.25, 0.3) is 0 Å². The van der Waals surface area contributed by atoms with Crippen molar-refractivity contribution in [1.82, 2.24) is 4.98 Å². The zero-order valence-corrected chi connectivity index (χ0v) is 10.5. The van der Waals surface area contributed by atoms with Crippen LogP contribution in [0.3, 0.4) is 0 Å². The smallest absolute Gasteiger partial charge is 0.140 e. The molecule has 2 heterocycles. The lowest BCUT2D eigenvalue weighted by atomic mass is 9.94. The van der Waals surface area contributed by atoms with E-state index in [0.717, 1.165) is 10.3 Å². The monoisotopic (exact) mass is 286 g/mol. The molecule has 16 heavy (non-hydrogen) atoms. The highest BCUT2D eigenvalue weighted by Gasteiger charge is 2.29. The Bertz CT molecular complexity index is 354. The molecule has 0 atom stereocenters. The van der Waals surface area contributed by atoms with Crippen molar-refractivity contribution in [2.24, 2.45) is 0 Å². The number of pyridine rings is 1. The van der Waals surface area contributed by atoms with Crippen LogP contribution in [0.2, 0.25) is 0 Å². The molecule has 0 spiro atoms. The normalized spacial score (nSPS) is 19.4. The Morgan fingerprint density at radius 3 is 2.94 bits per heavy atom. The Kier molecular flexibility index (Phi) is 3.78. The van der Waals surface area contributed by atoms with Crippen LogP contribution < -0.4 is 5.32 Å². The summed E-state index contributed by atoms with van der Waals surface area (Å²) in [6, 6.07) is 3.78. The van der Waals surface area contributed by atoms with Gasteiger partial charge in [0.05, 0.1) is 10.1 Å². The van der Waals surface area contributed by atoms with E-state index in [2.05, 4.69) is 26.2 Å². The zero-order valence-electron chi connectivity index (χ0n) is 8.95. The maximum Gasteiger partial charge on any atom is 0.140 e. The number of nitrogens with zero attached hydrogens (tertiary/aromatic N) is 1. The molecule has 0 aromatic carbocycles. The molecule has 0 bridgehead atoms. The molecule has 0 aliphatic carbocycles.